The molecule has 0 aliphatic heterocycles. The van der Waals surface area contributed by atoms with Crippen molar-refractivity contribution in [1.29, 1.82) is 0 Å². The smallest absolute Gasteiger partial charge is 0.107 e. The average molecular weight is 309 g/mol. The van der Waals surface area contributed by atoms with Crippen LogP contribution in [0.4, 0.5) is 0 Å². The standard InChI is InChI=1S/C11H15BrClNS/c12-8-6-9(15-11(8)13)10(14)7-4-2-1-3-5-7/h6-7,10H,1-5,14H2. The van der Waals surface area contributed by atoms with Crippen molar-refractivity contribution in [3.8, 4) is 0 Å². The van der Waals surface area contributed by atoms with Crippen LogP contribution in [0.3, 0.4) is 0 Å². The summed E-state index contributed by atoms with van der Waals surface area (Å²) in [4.78, 5) is 1.22. The molecule has 15 heavy (non-hydrogen) atoms. The summed E-state index contributed by atoms with van der Waals surface area (Å²) in [6.45, 7) is 0. The fourth-order valence-electron chi connectivity index (χ4n) is 2.25. The maximum Gasteiger partial charge on any atom is 0.107 e. The van der Waals surface area contributed by atoms with Gasteiger partial charge in [-0.25, -0.2) is 0 Å². The zero-order valence-electron chi connectivity index (χ0n) is 8.51. The van der Waals surface area contributed by atoms with Gasteiger partial charge in [-0.1, -0.05) is 30.9 Å². The van der Waals surface area contributed by atoms with Crippen LogP contribution in [-0.4, -0.2) is 0 Å². The van der Waals surface area contributed by atoms with Crippen LogP contribution in [-0.2, 0) is 0 Å². The molecule has 1 saturated carbocycles. The molecule has 2 rings (SSSR count). The van der Waals surface area contributed by atoms with Gasteiger partial charge in [-0.05, 0) is 40.8 Å². The molecule has 1 aliphatic rings. The molecule has 0 bridgehead atoms. The molecule has 1 nitrogen and oxygen atoms in total. The van der Waals surface area contributed by atoms with Gasteiger partial charge in [0.05, 0.1) is 0 Å². The number of hydrogen-bond donors (Lipinski definition) is 1. The first-order chi connectivity index (χ1) is 7.18. The van der Waals surface area contributed by atoms with Crippen molar-refractivity contribution in [2.45, 2.75) is 38.1 Å². The van der Waals surface area contributed by atoms with E-state index in [2.05, 4.69) is 22.0 Å². The van der Waals surface area contributed by atoms with Crippen LogP contribution in [0.15, 0.2) is 10.5 Å². The minimum absolute atomic E-state index is 0.180. The molecular weight excluding hydrogens is 294 g/mol. The molecule has 1 aliphatic carbocycles. The maximum absolute atomic E-state index is 6.28. The van der Waals surface area contributed by atoms with Crippen LogP contribution in [0.5, 0.6) is 0 Å². The van der Waals surface area contributed by atoms with Crippen LogP contribution < -0.4 is 5.73 Å². The highest BCUT2D eigenvalue weighted by molar-refractivity contribution is 9.10. The van der Waals surface area contributed by atoms with Crippen molar-refractivity contribution in [3.63, 3.8) is 0 Å². The Morgan fingerprint density at radius 3 is 2.60 bits per heavy atom. The molecular formula is C11H15BrClNS. The molecule has 84 valence electrons. The van der Waals surface area contributed by atoms with E-state index in [-0.39, 0.29) is 6.04 Å². The van der Waals surface area contributed by atoms with E-state index in [9.17, 15) is 0 Å². The molecule has 1 heterocycles. The first-order valence-corrected chi connectivity index (χ1v) is 7.37. The Kier molecular flexibility index (Phi) is 4.10. The molecule has 0 spiro atoms. The van der Waals surface area contributed by atoms with E-state index in [1.54, 1.807) is 11.3 Å². The molecule has 0 aromatic carbocycles. The third-order valence-electron chi connectivity index (χ3n) is 3.15. The first kappa shape index (κ1) is 11.9. The van der Waals surface area contributed by atoms with Crippen molar-refractivity contribution in [2.75, 3.05) is 0 Å². The van der Waals surface area contributed by atoms with E-state index in [4.69, 9.17) is 17.3 Å². The highest BCUT2D eigenvalue weighted by Crippen LogP contribution is 2.40. The van der Waals surface area contributed by atoms with Crippen molar-refractivity contribution >= 4 is 38.9 Å². The molecule has 1 unspecified atom stereocenters. The predicted octanol–water partition coefficient (Wildman–Crippen LogP) is 4.74. The van der Waals surface area contributed by atoms with Gasteiger partial charge in [0.25, 0.3) is 0 Å². The van der Waals surface area contributed by atoms with Gasteiger partial charge in [-0.2, -0.15) is 0 Å². The normalized spacial score (nSPS) is 20.5. The van der Waals surface area contributed by atoms with Crippen molar-refractivity contribution in [1.82, 2.24) is 0 Å². The largest absolute Gasteiger partial charge is 0.323 e. The highest BCUT2D eigenvalue weighted by atomic mass is 79.9. The van der Waals surface area contributed by atoms with E-state index in [0.717, 1.165) is 8.81 Å². The monoisotopic (exact) mass is 307 g/mol. The lowest BCUT2D eigenvalue weighted by Gasteiger charge is -2.26. The van der Waals surface area contributed by atoms with Gasteiger partial charge in [0.2, 0.25) is 0 Å². The summed E-state index contributed by atoms with van der Waals surface area (Å²) in [6.07, 6.45) is 6.58. The SMILES string of the molecule is NC(c1cc(Br)c(Cl)s1)C1CCCCC1. The molecule has 0 radical (unpaired) electrons. The summed E-state index contributed by atoms with van der Waals surface area (Å²) in [5.74, 6) is 0.653. The topological polar surface area (TPSA) is 26.0 Å². The van der Waals surface area contributed by atoms with Crippen LogP contribution in [0.2, 0.25) is 4.34 Å². The van der Waals surface area contributed by atoms with Gasteiger partial charge in [-0.3, -0.25) is 0 Å². The van der Waals surface area contributed by atoms with Gasteiger partial charge < -0.3 is 5.73 Å². The van der Waals surface area contributed by atoms with E-state index in [1.807, 2.05) is 0 Å². The maximum atomic E-state index is 6.28. The second-order valence-corrected chi connectivity index (χ2v) is 6.73. The Hall–Kier alpha value is 0.430. The zero-order valence-corrected chi connectivity index (χ0v) is 11.7. The Balaban J connectivity index is 2.08. The summed E-state index contributed by atoms with van der Waals surface area (Å²) in [5.41, 5.74) is 6.28. The van der Waals surface area contributed by atoms with Gasteiger partial charge in [0.15, 0.2) is 0 Å². The van der Waals surface area contributed by atoms with Gasteiger partial charge in [0.1, 0.15) is 4.34 Å². The zero-order chi connectivity index (χ0) is 10.8. The third-order valence-corrected chi connectivity index (χ3v) is 5.73. The predicted molar refractivity (Wildman–Crippen MR) is 70.5 cm³/mol. The van der Waals surface area contributed by atoms with E-state index in [0.29, 0.717) is 5.92 Å². The van der Waals surface area contributed by atoms with E-state index < -0.39 is 0 Å². The average Bonchev–Trinajstić information content (AvgIpc) is 2.59. The lowest BCUT2D eigenvalue weighted by Crippen LogP contribution is -2.22. The number of halogens is 2. The number of thiophene rings is 1. The summed E-state index contributed by atoms with van der Waals surface area (Å²) >= 11 is 11.1. The Morgan fingerprint density at radius 2 is 2.07 bits per heavy atom. The summed E-state index contributed by atoms with van der Waals surface area (Å²) in [6, 6.07) is 2.26. The van der Waals surface area contributed by atoms with Crippen LogP contribution in [0.1, 0.15) is 43.0 Å². The molecule has 2 N–H and O–H groups in total. The van der Waals surface area contributed by atoms with Crippen molar-refractivity contribution < 1.29 is 0 Å². The molecule has 1 atom stereocenters. The fourth-order valence-corrected chi connectivity index (χ4v) is 4.08. The summed E-state index contributed by atoms with van der Waals surface area (Å²) < 4.78 is 1.80. The van der Waals surface area contributed by atoms with Gasteiger partial charge >= 0.3 is 0 Å². The van der Waals surface area contributed by atoms with Gasteiger partial charge in [-0.15, -0.1) is 11.3 Å². The minimum Gasteiger partial charge on any atom is -0.323 e. The van der Waals surface area contributed by atoms with Crippen LogP contribution in [0.25, 0.3) is 0 Å². The Morgan fingerprint density at radius 1 is 1.40 bits per heavy atom. The lowest BCUT2D eigenvalue weighted by atomic mass is 9.84. The molecule has 4 heteroatoms. The van der Waals surface area contributed by atoms with Crippen molar-refractivity contribution in [2.24, 2.45) is 11.7 Å². The van der Waals surface area contributed by atoms with Crippen LogP contribution >= 0.6 is 38.9 Å². The molecule has 0 saturated heterocycles. The first-order valence-electron chi connectivity index (χ1n) is 5.39. The Bertz CT molecular complexity index is 314. The molecule has 1 fully saturated rings. The van der Waals surface area contributed by atoms with E-state index in [1.165, 1.54) is 37.0 Å². The fraction of sp³-hybridized carbons (Fsp3) is 0.636. The van der Waals surface area contributed by atoms with E-state index >= 15 is 0 Å². The number of hydrogen-bond acceptors (Lipinski definition) is 2. The number of rotatable bonds is 2. The lowest BCUT2D eigenvalue weighted by molar-refractivity contribution is 0.310. The quantitative estimate of drug-likeness (QED) is 0.838. The summed E-state index contributed by atoms with van der Waals surface area (Å²) in [5, 5.41) is 0. The second-order valence-electron chi connectivity index (χ2n) is 4.19. The molecule has 1 aromatic rings. The third kappa shape index (κ3) is 2.76. The molecule has 1 aromatic heterocycles. The summed E-state index contributed by atoms with van der Waals surface area (Å²) in [7, 11) is 0. The van der Waals surface area contributed by atoms with Crippen LogP contribution in [0, 0.1) is 5.92 Å². The van der Waals surface area contributed by atoms with Crippen molar-refractivity contribution in [3.05, 3.63) is 19.8 Å². The number of nitrogens with two attached hydrogens (primary N) is 1. The minimum atomic E-state index is 0.180. The highest BCUT2D eigenvalue weighted by Gasteiger charge is 2.23. The second kappa shape index (κ2) is 5.17. The Labute approximate surface area is 108 Å². The van der Waals surface area contributed by atoms with Gasteiger partial charge in [0, 0.05) is 15.4 Å². The molecule has 0 amide bonds.